The normalized spacial score (nSPS) is 21.0. The lowest BCUT2D eigenvalue weighted by Crippen LogP contribution is -2.22. The van der Waals surface area contributed by atoms with Gasteiger partial charge in [0, 0.05) is 37.3 Å². The van der Waals surface area contributed by atoms with Crippen LogP contribution in [0.5, 0.6) is 5.75 Å². The van der Waals surface area contributed by atoms with Crippen LogP contribution in [-0.4, -0.2) is 36.3 Å². The van der Waals surface area contributed by atoms with Gasteiger partial charge in [-0.15, -0.1) is 0 Å². The van der Waals surface area contributed by atoms with E-state index < -0.39 is 0 Å². The van der Waals surface area contributed by atoms with E-state index >= 15 is 0 Å². The lowest BCUT2D eigenvalue weighted by Gasteiger charge is -2.17. The van der Waals surface area contributed by atoms with Crippen LogP contribution in [0.4, 0.5) is 0 Å². The van der Waals surface area contributed by atoms with Crippen molar-refractivity contribution in [2.45, 2.75) is 19.1 Å². The van der Waals surface area contributed by atoms with Crippen LogP contribution < -0.4 is 0 Å². The molecule has 1 unspecified atom stereocenters. The quantitative estimate of drug-likeness (QED) is 0.921. The molecule has 0 bridgehead atoms. The van der Waals surface area contributed by atoms with E-state index in [2.05, 4.69) is 4.90 Å². The fourth-order valence-corrected chi connectivity index (χ4v) is 2.65. The third-order valence-electron chi connectivity index (χ3n) is 3.06. The second-order valence-corrected chi connectivity index (χ2v) is 5.12. The number of rotatable bonds is 3. The fourth-order valence-electron chi connectivity index (χ4n) is 2.11. The first-order valence-electron chi connectivity index (χ1n) is 5.52. The van der Waals surface area contributed by atoms with Gasteiger partial charge < -0.3 is 9.84 Å². The SMILES string of the molecule is COC1CCN(Cc2cc(Cl)cc(Cl)c2O)C1. The maximum atomic E-state index is 9.86. The van der Waals surface area contributed by atoms with Gasteiger partial charge in [0.1, 0.15) is 5.75 Å². The minimum absolute atomic E-state index is 0.122. The van der Waals surface area contributed by atoms with Crippen LogP contribution >= 0.6 is 23.2 Å². The van der Waals surface area contributed by atoms with Crippen molar-refractivity contribution in [3.05, 3.63) is 27.7 Å². The summed E-state index contributed by atoms with van der Waals surface area (Å²) in [7, 11) is 1.72. The third kappa shape index (κ3) is 3.05. The monoisotopic (exact) mass is 275 g/mol. The first kappa shape index (κ1) is 13.0. The predicted octanol–water partition coefficient (Wildman–Crippen LogP) is 2.92. The molecule has 0 aromatic heterocycles. The van der Waals surface area contributed by atoms with E-state index in [0.717, 1.165) is 25.1 Å². The Balaban J connectivity index is 2.09. The molecule has 0 radical (unpaired) electrons. The van der Waals surface area contributed by atoms with E-state index in [0.29, 0.717) is 16.6 Å². The Morgan fingerprint density at radius 1 is 1.47 bits per heavy atom. The van der Waals surface area contributed by atoms with Crippen molar-refractivity contribution in [1.82, 2.24) is 4.90 Å². The van der Waals surface area contributed by atoms with Crippen LogP contribution in [0.3, 0.4) is 0 Å². The van der Waals surface area contributed by atoms with Gasteiger partial charge in [-0.3, -0.25) is 4.90 Å². The zero-order chi connectivity index (χ0) is 12.4. The maximum Gasteiger partial charge on any atom is 0.138 e. The molecule has 2 rings (SSSR count). The summed E-state index contributed by atoms with van der Waals surface area (Å²) >= 11 is 11.8. The molecule has 94 valence electrons. The third-order valence-corrected chi connectivity index (χ3v) is 3.57. The lowest BCUT2D eigenvalue weighted by atomic mass is 10.2. The van der Waals surface area contributed by atoms with Crippen molar-refractivity contribution < 1.29 is 9.84 Å². The Kier molecular flexibility index (Phi) is 4.15. The van der Waals surface area contributed by atoms with Crippen LogP contribution in [0.25, 0.3) is 0 Å². The molecule has 5 heteroatoms. The average molecular weight is 276 g/mol. The number of hydrogen-bond donors (Lipinski definition) is 1. The molecule has 0 aliphatic carbocycles. The highest BCUT2D eigenvalue weighted by Crippen LogP contribution is 2.32. The van der Waals surface area contributed by atoms with E-state index in [4.69, 9.17) is 27.9 Å². The second kappa shape index (κ2) is 5.44. The molecule has 0 spiro atoms. The number of halogens is 2. The number of likely N-dealkylation sites (tertiary alicyclic amines) is 1. The summed E-state index contributed by atoms with van der Waals surface area (Å²) in [6, 6.07) is 3.30. The largest absolute Gasteiger partial charge is 0.506 e. The minimum atomic E-state index is 0.122. The summed E-state index contributed by atoms with van der Waals surface area (Å²) in [6.07, 6.45) is 1.30. The van der Waals surface area contributed by atoms with Crippen molar-refractivity contribution in [2.75, 3.05) is 20.2 Å². The van der Waals surface area contributed by atoms with Gasteiger partial charge >= 0.3 is 0 Å². The number of ether oxygens (including phenoxy) is 1. The van der Waals surface area contributed by atoms with E-state index in [1.54, 1.807) is 19.2 Å². The fraction of sp³-hybridized carbons (Fsp3) is 0.500. The summed E-state index contributed by atoms with van der Waals surface area (Å²) in [5.41, 5.74) is 0.763. The molecule has 0 amide bonds. The van der Waals surface area contributed by atoms with Gasteiger partial charge in [-0.25, -0.2) is 0 Å². The molecule has 3 nitrogen and oxygen atoms in total. The van der Waals surface area contributed by atoms with E-state index in [9.17, 15) is 5.11 Å². The summed E-state index contributed by atoms with van der Waals surface area (Å²) in [6.45, 7) is 2.48. The van der Waals surface area contributed by atoms with Crippen molar-refractivity contribution >= 4 is 23.2 Å². The van der Waals surface area contributed by atoms with Gasteiger partial charge in [-0.05, 0) is 18.6 Å². The van der Waals surface area contributed by atoms with Crippen LogP contribution in [-0.2, 0) is 11.3 Å². The summed E-state index contributed by atoms with van der Waals surface area (Å²) < 4.78 is 5.30. The molecule has 1 fully saturated rings. The Morgan fingerprint density at radius 2 is 2.24 bits per heavy atom. The Bertz CT molecular complexity index is 412. The second-order valence-electron chi connectivity index (χ2n) is 4.28. The molecule has 1 N–H and O–H groups in total. The number of nitrogens with zero attached hydrogens (tertiary/aromatic N) is 1. The van der Waals surface area contributed by atoms with Crippen molar-refractivity contribution in [3.8, 4) is 5.75 Å². The lowest BCUT2D eigenvalue weighted by molar-refractivity contribution is 0.107. The van der Waals surface area contributed by atoms with Gasteiger partial charge in [0.25, 0.3) is 0 Å². The first-order chi connectivity index (χ1) is 8.10. The molecule has 1 aromatic rings. The summed E-state index contributed by atoms with van der Waals surface area (Å²) in [4.78, 5) is 2.22. The summed E-state index contributed by atoms with van der Waals surface area (Å²) in [5, 5.41) is 10.7. The molecule has 1 aromatic carbocycles. The number of benzene rings is 1. The zero-order valence-corrected chi connectivity index (χ0v) is 11.1. The van der Waals surface area contributed by atoms with E-state index in [1.165, 1.54) is 0 Å². The molecule has 1 saturated heterocycles. The average Bonchev–Trinajstić information content (AvgIpc) is 2.73. The number of phenolic OH excluding ortho intramolecular Hbond substituents is 1. The number of aromatic hydroxyl groups is 1. The van der Waals surface area contributed by atoms with Gasteiger partial charge in [-0.1, -0.05) is 23.2 Å². The standard InChI is InChI=1S/C12H15Cl2NO2/c1-17-10-2-3-15(7-10)6-8-4-9(13)5-11(14)12(8)16/h4-5,10,16H,2-3,6-7H2,1H3. The molecule has 0 saturated carbocycles. The van der Waals surface area contributed by atoms with Gasteiger partial charge in [0.15, 0.2) is 0 Å². The highest BCUT2D eigenvalue weighted by Gasteiger charge is 2.23. The highest BCUT2D eigenvalue weighted by atomic mass is 35.5. The zero-order valence-electron chi connectivity index (χ0n) is 9.62. The van der Waals surface area contributed by atoms with Crippen LogP contribution in [0, 0.1) is 0 Å². The maximum absolute atomic E-state index is 9.86. The summed E-state index contributed by atoms with van der Waals surface area (Å²) in [5.74, 6) is 0.122. The molecule has 1 heterocycles. The predicted molar refractivity (Wildman–Crippen MR) is 68.8 cm³/mol. The van der Waals surface area contributed by atoms with Crippen molar-refractivity contribution in [2.24, 2.45) is 0 Å². The highest BCUT2D eigenvalue weighted by molar-refractivity contribution is 6.35. The molecular formula is C12H15Cl2NO2. The molecule has 1 atom stereocenters. The molecular weight excluding hydrogens is 261 g/mol. The van der Waals surface area contributed by atoms with Crippen molar-refractivity contribution in [3.63, 3.8) is 0 Å². The van der Waals surface area contributed by atoms with E-state index in [1.807, 2.05) is 0 Å². The topological polar surface area (TPSA) is 32.7 Å². The first-order valence-corrected chi connectivity index (χ1v) is 6.27. The number of methoxy groups -OCH3 is 1. The molecule has 17 heavy (non-hydrogen) atoms. The number of hydrogen-bond acceptors (Lipinski definition) is 3. The van der Waals surface area contributed by atoms with Crippen LogP contribution in [0.15, 0.2) is 12.1 Å². The molecule has 1 aliphatic rings. The van der Waals surface area contributed by atoms with E-state index in [-0.39, 0.29) is 11.9 Å². The Morgan fingerprint density at radius 3 is 2.88 bits per heavy atom. The molecule has 1 aliphatic heterocycles. The Labute approximate surface area is 111 Å². The number of phenols is 1. The van der Waals surface area contributed by atoms with Gasteiger partial charge in [0.05, 0.1) is 11.1 Å². The van der Waals surface area contributed by atoms with Crippen LogP contribution in [0.2, 0.25) is 10.0 Å². The Hall–Kier alpha value is -0.480. The van der Waals surface area contributed by atoms with Gasteiger partial charge in [0.2, 0.25) is 0 Å². The minimum Gasteiger partial charge on any atom is -0.506 e. The van der Waals surface area contributed by atoms with Crippen LogP contribution in [0.1, 0.15) is 12.0 Å². The van der Waals surface area contributed by atoms with Gasteiger partial charge in [-0.2, -0.15) is 0 Å². The van der Waals surface area contributed by atoms with Crippen molar-refractivity contribution in [1.29, 1.82) is 0 Å². The smallest absolute Gasteiger partial charge is 0.138 e.